The van der Waals surface area contributed by atoms with E-state index in [2.05, 4.69) is 16.3 Å². The Morgan fingerprint density at radius 1 is 1.41 bits per heavy atom. The summed E-state index contributed by atoms with van der Waals surface area (Å²) in [5.74, 6) is 0.755. The fourth-order valence-electron chi connectivity index (χ4n) is 3.39. The average Bonchev–Trinajstić information content (AvgIpc) is 2.94. The number of rotatable bonds is 3. The maximum atomic E-state index is 13.9. The van der Waals surface area contributed by atoms with Crippen molar-refractivity contribution >= 4 is 5.69 Å². The van der Waals surface area contributed by atoms with E-state index in [9.17, 15) is 4.39 Å². The molecule has 0 amide bonds. The van der Waals surface area contributed by atoms with Crippen LogP contribution in [0.3, 0.4) is 0 Å². The lowest BCUT2D eigenvalue weighted by Crippen LogP contribution is -2.33. The molecule has 3 heteroatoms. The van der Waals surface area contributed by atoms with Crippen molar-refractivity contribution in [3.05, 3.63) is 29.6 Å². The molecule has 1 heterocycles. The van der Waals surface area contributed by atoms with E-state index in [1.807, 2.05) is 13.1 Å². The number of piperidine rings is 1. The Balaban J connectivity index is 1.94. The maximum Gasteiger partial charge on any atom is 0.129 e. The van der Waals surface area contributed by atoms with E-state index in [1.165, 1.54) is 19.3 Å². The highest BCUT2D eigenvalue weighted by Gasteiger charge is 2.38. The lowest BCUT2D eigenvalue weighted by Gasteiger charge is -2.31. The first kappa shape index (κ1) is 11.0. The topological polar surface area (TPSA) is 15.3 Å². The second kappa shape index (κ2) is 4.30. The summed E-state index contributed by atoms with van der Waals surface area (Å²) in [5, 5.41) is 3.07. The van der Waals surface area contributed by atoms with E-state index in [0.717, 1.165) is 23.7 Å². The molecule has 92 valence electrons. The van der Waals surface area contributed by atoms with Gasteiger partial charge in [-0.25, -0.2) is 4.39 Å². The van der Waals surface area contributed by atoms with Gasteiger partial charge in [0.2, 0.25) is 0 Å². The normalized spacial score (nSPS) is 26.8. The lowest BCUT2D eigenvalue weighted by molar-refractivity contribution is 0.547. The minimum absolute atomic E-state index is 0.0837. The largest absolute Gasteiger partial charge is 0.368 e. The fourth-order valence-corrected chi connectivity index (χ4v) is 3.39. The molecule has 1 aromatic rings. The molecule has 0 radical (unpaired) electrons. The summed E-state index contributed by atoms with van der Waals surface area (Å²) >= 11 is 0. The molecule has 1 aliphatic heterocycles. The summed E-state index contributed by atoms with van der Waals surface area (Å²) in [5.41, 5.74) is 1.93. The Hall–Kier alpha value is -1.09. The number of hydrogen-bond donors (Lipinski definition) is 1. The lowest BCUT2D eigenvalue weighted by atomic mass is 10.1. The van der Waals surface area contributed by atoms with Crippen molar-refractivity contribution in [1.29, 1.82) is 0 Å². The highest BCUT2D eigenvalue weighted by molar-refractivity contribution is 5.56. The molecule has 2 unspecified atom stereocenters. The maximum absolute atomic E-state index is 13.9. The van der Waals surface area contributed by atoms with Crippen molar-refractivity contribution in [2.24, 2.45) is 5.92 Å². The molecule has 3 rings (SSSR count). The molecule has 2 atom stereocenters. The molecule has 0 aromatic heterocycles. The highest BCUT2D eigenvalue weighted by atomic mass is 19.1. The molecule has 1 N–H and O–H groups in total. The zero-order chi connectivity index (χ0) is 11.8. The predicted octanol–water partition coefficient (Wildman–Crippen LogP) is 2.53. The Morgan fingerprint density at radius 2 is 2.29 bits per heavy atom. The molecule has 2 fully saturated rings. The molecular weight excluding hydrogens is 215 g/mol. The smallest absolute Gasteiger partial charge is 0.129 e. The van der Waals surface area contributed by atoms with Gasteiger partial charge in [0.25, 0.3) is 0 Å². The summed E-state index contributed by atoms with van der Waals surface area (Å²) in [6.07, 6.45) is 3.94. The summed E-state index contributed by atoms with van der Waals surface area (Å²) < 4.78 is 13.9. The van der Waals surface area contributed by atoms with Crippen LogP contribution in [-0.2, 0) is 6.54 Å². The minimum Gasteiger partial charge on any atom is -0.368 e. The average molecular weight is 234 g/mol. The van der Waals surface area contributed by atoms with Crippen LogP contribution >= 0.6 is 0 Å². The van der Waals surface area contributed by atoms with Crippen LogP contribution in [0.25, 0.3) is 0 Å². The van der Waals surface area contributed by atoms with E-state index in [-0.39, 0.29) is 5.82 Å². The van der Waals surface area contributed by atoms with E-state index in [1.54, 1.807) is 6.07 Å². The van der Waals surface area contributed by atoms with E-state index >= 15 is 0 Å². The molecule has 1 saturated heterocycles. The zero-order valence-corrected chi connectivity index (χ0v) is 10.2. The van der Waals surface area contributed by atoms with Crippen molar-refractivity contribution in [2.45, 2.75) is 31.8 Å². The number of nitrogens with zero attached hydrogens (tertiary/aromatic N) is 1. The quantitative estimate of drug-likeness (QED) is 0.864. The van der Waals surface area contributed by atoms with Crippen molar-refractivity contribution in [2.75, 3.05) is 18.5 Å². The molecule has 1 saturated carbocycles. The van der Waals surface area contributed by atoms with Gasteiger partial charge in [0, 0.05) is 30.4 Å². The SMILES string of the molecule is CNCc1c(F)cccc1N1CC2CCC1C2. The predicted molar refractivity (Wildman–Crippen MR) is 67.6 cm³/mol. The van der Waals surface area contributed by atoms with Gasteiger partial charge in [-0.2, -0.15) is 0 Å². The van der Waals surface area contributed by atoms with Gasteiger partial charge in [-0.15, -0.1) is 0 Å². The van der Waals surface area contributed by atoms with Crippen LogP contribution in [0, 0.1) is 11.7 Å². The monoisotopic (exact) mass is 234 g/mol. The van der Waals surface area contributed by atoms with Crippen molar-refractivity contribution in [3.63, 3.8) is 0 Å². The zero-order valence-electron chi connectivity index (χ0n) is 10.2. The Bertz CT molecular complexity index is 419. The van der Waals surface area contributed by atoms with Gasteiger partial charge in [0.15, 0.2) is 0 Å². The Morgan fingerprint density at radius 3 is 2.94 bits per heavy atom. The number of benzene rings is 1. The second-order valence-electron chi connectivity index (χ2n) is 5.25. The summed E-state index contributed by atoms with van der Waals surface area (Å²) in [6.45, 7) is 1.72. The van der Waals surface area contributed by atoms with Crippen molar-refractivity contribution in [3.8, 4) is 0 Å². The standard InChI is InChI=1S/C14H19FN2/c1-16-8-12-13(15)3-2-4-14(12)17-9-10-5-6-11(17)7-10/h2-4,10-11,16H,5-9H2,1H3. The Kier molecular flexibility index (Phi) is 2.79. The second-order valence-corrected chi connectivity index (χ2v) is 5.25. The van der Waals surface area contributed by atoms with Gasteiger partial charge in [0.05, 0.1) is 0 Å². The number of nitrogens with one attached hydrogen (secondary N) is 1. The van der Waals surface area contributed by atoms with Crippen LogP contribution in [0.5, 0.6) is 0 Å². The molecule has 2 nitrogen and oxygen atoms in total. The molecule has 1 aromatic carbocycles. The van der Waals surface area contributed by atoms with Gasteiger partial charge in [-0.05, 0) is 44.4 Å². The van der Waals surface area contributed by atoms with Crippen LogP contribution in [0.15, 0.2) is 18.2 Å². The number of hydrogen-bond acceptors (Lipinski definition) is 2. The van der Waals surface area contributed by atoms with Crippen LogP contribution in [0.4, 0.5) is 10.1 Å². The van der Waals surface area contributed by atoms with Gasteiger partial charge >= 0.3 is 0 Å². The number of fused-ring (bicyclic) bond motifs is 2. The third-order valence-electron chi connectivity index (χ3n) is 4.17. The van der Waals surface area contributed by atoms with Crippen molar-refractivity contribution in [1.82, 2.24) is 5.32 Å². The first-order valence-corrected chi connectivity index (χ1v) is 6.48. The van der Waals surface area contributed by atoms with Crippen LogP contribution in [0.1, 0.15) is 24.8 Å². The summed E-state index contributed by atoms with van der Waals surface area (Å²) in [6, 6.07) is 6.11. The molecular formula is C14H19FN2. The number of halogens is 1. The van der Waals surface area contributed by atoms with E-state index in [0.29, 0.717) is 12.6 Å². The van der Waals surface area contributed by atoms with Crippen LogP contribution < -0.4 is 10.2 Å². The molecule has 17 heavy (non-hydrogen) atoms. The van der Waals surface area contributed by atoms with Crippen molar-refractivity contribution < 1.29 is 4.39 Å². The summed E-state index contributed by atoms with van der Waals surface area (Å²) in [7, 11) is 1.87. The first-order valence-electron chi connectivity index (χ1n) is 6.48. The van der Waals surface area contributed by atoms with E-state index < -0.39 is 0 Å². The molecule has 2 bridgehead atoms. The van der Waals surface area contributed by atoms with Gasteiger partial charge in [-0.1, -0.05) is 6.07 Å². The molecule has 2 aliphatic rings. The minimum atomic E-state index is -0.0837. The van der Waals surface area contributed by atoms with Crippen LogP contribution in [-0.4, -0.2) is 19.6 Å². The molecule has 0 spiro atoms. The number of anilines is 1. The first-order chi connectivity index (χ1) is 8.29. The summed E-state index contributed by atoms with van der Waals surface area (Å²) in [4.78, 5) is 2.42. The Labute approximate surface area is 102 Å². The fraction of sp³-hybridized carbons (Fsp3) is 0.571. The highest BCUT2D eigenvalue weighted by Crippen LogP contribution is 2.41. The van der Waals surface area contributed by atoms with Gasteiger partial charge < -0.3 is 10.2 Å². The third kappa shape index (κ3) is 1.82. The van der Waals surface area contributed by atoms with Gasteiger partial charge in [0.1, 0.15) is 5.82 Å². The third-order valence-corrected chi connectivity index (χ3v) is 4.17. The van der Waals surface area contributed by atoms with E-state index in [4.69, 9.17) is 0 Å². The molecule has 1 aliphatic carbocycles. The van der Waals surface area contributed by atoms with Crippen LogP contribution in [0.2, 0.25) is 0 Å². The van der Waals surface area contributed by atoms with Gasteiger partial charge in [-0.3, -0.25) is 0 Å².